The summed E-state index contributed by atoms with van der Waals surface area (Å²) in [4.78, 5) is 11.5. The number of aromatic amines is 1. The summed E-state index contributed by atoms with van der Waals surface area (Å²) in [5.74, 6) is 1.15. The molecule has 0 bridgehead atoms. The van der Waals surface area contributed by atoms with Crippen molar-refractivity contribution < 1.29 is 14.3 Å². The number of rotatable bonds is 3. The van der Waals surface area contributed by atoms with Crippen LogP contribution in [-0.2, 0) is 0 Å². The summed E-state index contributed by atoms with van der Waals surface area (Å²) in [5.41, 5.74) is 2.34. The number of para-hydroxylation sites is 1. The Kier molecular flexibility index (Phi) is 3.73. The van der Waals surface area contributed by atoms with Crippen LogP contribution in [0.25, 0.3) is 22.2 Å². The van der Waals surface area contributed by atoms with Gasteiger partial charge in [0.25, 0.3) is 0 Å². The van der Waals surface area contributed by atoms with E-state index in [1.165, 1.54) is 12.1 Å². The summed E-state index contributed by atoms with van der Waals surface area (Å²) in [6, 6.07) is 13.9. The number of hydrogen-bond acceptors (Lipinski definition) is 5. The van der Waals surface area contributed by atoms with Crippen LogP contribution in [0.15, 0.2) is 57.7 Å². The Hall–Kier alpha value is -3.54. The number of aromatic nitrogens is 2. The van der Waals surface area contributed by atoms with Gasteiger partial charge in [0.1, 0.15) is 22.8 Å². The molecular weight excluding hydrogens is 332 g/mol. The van der Waals surface area contributed by atoms with Crippen molar-refractivity contribution in [2.45, 2.75) is 13.8 Å². The maximum atomic E-state index is 11.5. The second-order valence-corrected chi connectivity index (χ2v) is 6.06. The molecule has 4 rings (SSSR count). The zero-order valence-electron chi connectivity index (χ0n) is 14.2. The zero-order chi connectivity index (χ0) is 18.3. The summed E-state index contributed by atoms with van der Waals surface area (Å²) >= 11 is 0. The summed E-state index contributed by atoms with van der Waals surface area (Å²) < 4.78 is 11.1. The van der Waals surface area contributed by atoms with Crippen molar-refractivity contribution in [2.75, 3.05) is 0 Å². The number of nitrogens with one attached hydrogen (secondary N) is 1. The molecule has 4 aromatic rings. The minimum atomic E-state index is -0.453. The fourth-order valence-electron chi connectivity index (χ4n) is 2.88. The first-order chi connectivity index (χ1) is 12.5. The number of fused-ring (bicyclic) bond motifs is 1. The minimum absolute atomic E-state index is 0.0457. The number of hydrogen-bond donors (Lipinski definition) is 2. The fourth-order valence-corrected chi connectivity index (χ4v) is 2.88. The molecule has 0 unspecified atom stereocenters. The second-order valence-electron chi connectivity index (χ2n) is 6.06. The number of aryl methyl sites for hydroxylation is 2. The van der Waals surface area contributed by atoms with E-state index >= 15 is 0 Å². The molecule has 2 N–H and O–H groups in total. The van der Waals surface area contributed by atoms with Crippen LogP contribution in [0.3, 0.4) is 0 Å². The molecule has 0 amide bonds. The van der Waals surface area contributed by atoms with Gasteiger partial charge in [0.05, 0.1) is 5.69 Å². The van der Waals surface area contributed by atoms with Crippen LogP contribution in [0, 0.1) is 13.8 Å². The van der Waals surface area contributed by atoms with Gasteiger partial charge < -0.3 is 14.3 Å². The van der Waals surface area contributed by atoms with Crippen molar-refractivity contribution >= 4 is 11.0 Å². The van der Waals surface area contributed by atoms with Gasteiger partial charge in [0, 0.05) is 23.1 Å². The monoisotopic (exact) mass is 348 g/mol. The number of aromatic hydroxyl groups is 1. The third kappa shape index (κ3) is 2.71. The van der Waals surface area contributed by atoms with Gasteiger partial charge in [-0.05, 0) is 37.6 Å². The van der Waals surface area contributed by atoms with Crippen molar-refractivity contribution in [2.24, 2.45) is 0 Å². The van der Waals surface area contributed by atoms with Crippen LogP contribution in [0.4, 0.5) is 0 Å². The highest BCUT2D eigenvalue weighted by Gasteiger charge is 2.19. The SMILES string of the molecule is Cc1[nH]nc(-c2cc3c(C)cc(=O)oc3cc2O)c1Oc1ccccc1. The van der Waals surface area contributed by atoms with Gasteiger partial charge in [0.15, 0.2) is 5.75 Å². The van der Waals surface area contributed by atoms with E-state index in [0.717, 1.165) is 16.6 Å². The van der Waals surface area contributed by atoms with Crippen molar-refractivity contribution in [3.05, 3.63) is 70.2 Å². The molecule has 0 saturated carbocycles. The molecule has 130 valence electrons. The van der Waals surface area contributed by atoms with Crippen LogP contribution in [0.1, 0.15) is 11.3 Å². The van der Waals surface area contributed by atoms with E-state index in [9.17, 15) is 9.90 Å². The number of benzene rings is 2. The van der Waals surface area contributed by atoms with E-state index in [0.29, 0.717) is 28.3 Å². The van der Waals surface area contributed by atoms with Gasteiger partial charge in [0.2, 0.25) is 0 Å². The van der Waals surface area contributed by atoms with E-state index in [2.05, 4.69) is 10.2 Å². The Balaban J connectivity index is 1.88. The van der Waals surface area contributed by atoms with Gasteiger partial charge in [-0.25, -0.2) is 4.79 Å². The molecule has 0 radical (unpaired) electrons. The van der Waals surface area contributed by atoms with Crippen LogP contribution in [-0.4, -0.2) is 15.3 Å². The van der Waals surface area contributed by atoms with Crippen molar-refractivity contribution in [1.82, 2.24) is 10.2 Å². The Labute approximate surface area is 148 Å². The third-order valence-corrected chi connectivity index (χ3v) is 4.18. The van der Waals surface area contributed by atoms with Crippen LogP contribution >= 0.6 is 0 Å². The first-order valence-electron chi connectivity index (χ1n) is 8.08. The average molecular weight is 348 g/mol. The molecule has 6 heteroatoms. The summed E-state index contributed by atoms with van der Waals surface area (Å²) in [5, 5.41) is 18.4. The lowest BCUT2D eigenvalue weighted by molar-refractivity contribution is 0.470. The molecule has 2 aromatic carbocycles. The molecule has 2 aromatic heterocycles. The predicted octanol–water partition coefficient (Wildman–Crippen LogP) is 4.30. The van der Waals surface area contributed by atoms with E-state index in [1.807, 2.05) is 44.2 Å². The topological polar surface area (TPSA) is 88.4 Å². The number of H-pyrrole nitrogens is 1. The Bertz CT molecular complexity index is 1160. The number of nitrogens with zero attached hydrogens (tertiary/aromatic N) is 1. The Morgan fingerprint density at radius 2 is 1.88 bits per heavy atom. The second kappa shape index (κ2) is 6.07. The first kappa shape index (κ1) is 16.0. The molecule has 0 spiro atoms. The van der Waals surface area contributed by atoms with Crippen molar-refractivity contribution in [3.63, 3.8) is 0 Å². The average Bonchev–Trinajstić information content (AvgIpc) is 2.96. The lowest BCUT2D eigenvalue weighted by Gasteiger charge is -2.10. The summed E-state index contributed by atoms with van der Waals surface area (Å²) in [6.07, 6.45) is 0. The van der Waals surface area contributed by atoms with E-state index < -0.39 is 5.63 Å². The highest BCUT2D eigenvalue weighted by Crippen LogP contribution is 2.40. The number of ether oxygens (including phenoxy) is 1. The predicted molar refractivity (Wildman–Crippen MR) is 97.7 cm³/mol. The van der Waals surface area contributed by atoms with Crippen molar-refractivity contribution in [1.29, 1.82) is 0 Å². The molecule has 26 heavy (non-hydrogen) atoms. The van der Waals surface area contributed by atoms with Gasteiger partial charge in [-0.2, -0.15) is 5.10 Å². The normalized spacial score (nSPS) is 11.0. The molecule has 0 fully saturated rings. The smallest absolute Gasteiger partial charge is 0.336 e. The highest BCUT2D eigenvalue weighted by molar-refractivity contribution is 5.89. The number of phenols is 1. The maximum Gasteiger partial charge on any atom is 0.336 e. The first-order valence-corrected chi connectivity index (χ1v) is 8.08. The summed E-state index contributed by atoms with van der Waals surface area (Å²) in [7, 11) is 0. The maximum absolute atomic E-state index is 11.5. The van der Waals surface area contributed by atoms with E-state index in [-0.39, 0.29) is 5.75 Å². The fraction of sp³-hybridized carbons (Fsp3) is 0.100. The summed E-state index contributed by atoms with van der Waals surface area (Å²) in [6.45, 7) is 3.66. The molecule has 0 atom stereocenters. The van der Waals surface area contributed by atoms with Crippen molar-refractivity contribution in [3.8, 4) is 28.5 Å². The lowest BCUT2D eigenvalue weighted by atomic mass is 10.0. The zero-order valence-corrected chi connectivity index (χ0v) is 14.2. The van der Waals surface area contributed by atoms with E-state index in [4.69, 9.17) is 9.15 Å². The van der Waals surface area contributed by atoms with Gasteiger partial charge in [-0.15, -0.1) is 0 Å². The van der Waals surface area contributed by atoms with Gasteiger partial charge >= 0.3 is 5.63 Å². The Morgan fingerprint density at radius 3 is 2.65 bits per heavy atom. The van der Waals surface area contributed by atoms with E-state index in [1.54, 1.807) is 6.07 Å². The molecule has 0 aliphatic heterocycles. The van der Waals surface area contributed by atoms with Gasteiger partial charge in [-0.1, -0.05) is 18.2 Å². The van der Waals surface area contributed by atoms with Crippen LogP contribution in [0.5, 0.6) is 17.2 Å². The highest BCUT2D eigenvalue weighted by atomic mass is 16.5. The molecular formula is C20H16N2O4. The molecule has 0 aliphatic carbocycles. The molecule has 0 saturated heterocycles. The lowest BCUT2D eigenvalue weighted by Crippen LogP contribution is -1.98. The quantitative estimate of drug-likeness (QED) is 0.539. The third-order valence-electron chi connectivity index (χ3n) is 4.18. The van der Waals surface area contributed by atoms with Crippen LogP contribution < -0.4 is 10.4 Å². The molecule has 0 aliphatic rings. The number of phenolic OH excluding ortho intramolecular Hbond substituents is 1. The van der Waals surface area contributed by atoms with Gasteiger partial charge in [-0.3, -0.25) is 5.10 Å². The Morgan fingerprint density at radius 1 is 1.12 bits per heavy atom. The molecule has 2 heterocycles. The van der Waals surface area contributed by atoms with Crippen LogP contribution in [0.2, 0.25) is 0 Å². The standard InChI is InChI=1S/C20H16N2O4/c1-11-8-18(24)26-17-10-16(23)15(9-14(11)17)19-20(12(2)21-22-19)25-13-6-4-3-5-7-13/h3-10,23H,1-2H3,(H,21,22). The minimum Gasteiger partial charge on any atom is -0.507 e. The molecule has 6 nitrogen and oxygen atoms in total. The largest absolute Gasteiger partial charge is 0.507 e.